The molecular formula is C28H48BI4N3O6-2. The van der Waals surface area contributed by atoms with E-state index in [1.54, 1.807) is 19.0 Å². The van der Waals surface area contributed by atoms with E-state index in [0.717, 1.165) is 18.5 Å². The first-order valence-electron chi connectivity index (χ1n) is 14.0. The Hall–Kier alpha value is 1.23. The molecule has 0 spiro atoms. The summed E-state index contributed by atoms with van der Waals surface area (Å²) in [4.78, 5) is 15.8. The van der Waals surface area contributed by atoms with Crippen molar-refractivity contribution in [2.45, 2.75) is 58.8 Å². The Morgan fingerprint density at radius 3 is 1.93 bits per heavy atom. The van der Waals surface area contributed by atoms with E-state index in [0.29, 0.717) is 67.2 Å². The molecule has 4 fully saturated rings. The zero-order valence-electron chi connectivity index (χ0n) is 26.0. The molecular weight excluding hydrogens is 993 g/mol. The minimum absolute atomic E-state index is 0.0319. The first kappa shape index (κ1) is 41.3. The van der Waals surface area contributed by atoms with E-state index in [9.17, 15) is 15.2 Å². The Morgan fingerprint density at radius 1 is 1.10 bits per heavy atom. The van der Waals surface area contributed by atoms with Crippen LogP contribution in [0, 0.1) is 31.2 Å². The summed E-state index contributed by atoms with van der Waals surface area (Å²) in [7, 11) is 3.43. The molecule has 1 aromatic rings. The number of hydrogen-bond donors (Lipinski definition) is 0. The molecule has 5 rings (SSSR count). The molecule has 2 radical (unpaired) electrons. The summed E-state index contributed by atoms with van der Waals surface area (Å²) >= 11 is 5.37. The molecule has 2 bridgehead atoms. The van der Waals surface area contributed by atoms with E-state index in [1.807, 2.05) is 6.92 Å². The van der Waals surface area contributed by atoms with Crippen LogP contribution in [-0.2, 0) is 14.2 Å². The van der Waals surface area contributed by atoms with Crippen LogP contribution < -0.4 is 47.1 Å². The third kappa shape index (κ3) is 14.8. The molecule has 4 atom stereocenters. The Balaban J connectivity index is 0.000000297. The number of likely N-dealkylation sites (tertiary alicyclic amines) is 1. The summed E-state index contributed by atoms with van der Waals surface area (Å²) in [5.41, 5.74) is 9.80. The number of hydroxylamine groups is 6. The van der Waals surface area contributed by atoms with Gasteiger partial charge in [-0.15, -0.1) is 0 Å². The number of likely N-dealkylation sites (N-methyl/N-ethyl adjacent to an activating group) is 2. The van der Waals surface area contributed by atoms with Crippen LogP contribution in [0.3, 0.4) is 0 Å². The Labute approximate surface area is 302 Å². The number of cyclic esters (lactones) is 1. The topological polar surface area (TPSA) is 94.1 Å². The van der Waals surface area contributed by atoms with Crippen molar-refractivity contribution in [3.8, 4) is 0 Å². The summed E-state index contributed by atoms with van der Waals surface area (Å²) in [6, 6.07) is 4.36. The quantitative estimate of drug-likeness (QED) is 0.127. The molecule has 1 amide bonds. The normalized spacial score (nSPS) is 27.0. The SMILES string of the molecule is CC[C@H]1CN(c2cc(C)c(C)c(C)c2)C(=O)O1.C[I-]CI.C[N+]1([O-])CC2CC1CO2.C[N+]1([O-])CCOCC1.[B][I-]CI. The zero-order valence-corrected chi connectivity index (χ0v) is 34.7. The molecule has 14 heteroatoms. The number of anilines is 1. The molecule has 244 valence electrons. The van der Waals surface area contributed by atoms with Crippen molar-refractivity contribution >= 4 is 62.7 Å². The molecule has 0 saturated carbocycles. The van der Waals surface area contributed by atoms with Gasteiger partial charge >= 0.3 is 109 Å². The predicted octanol–water partition coefficient (Wildman–Crippen LogP) is -0.941. The van der Waals surface area contributed by atoms with E-state index < -0.39 is 0 Å². The molecule has 4 aliphatic rings. The van der Waals surface area contributed by atoms with Gasteiger partial charge in [0.1, 0.15) is 37.9 Å². The average molecular weight is 1040 g/mol. The average Bonchev–Trinajstić information content (AvgIpc) is 3.66. The number of fused-ring (bicyclic) bond motifs is 2. The van der Waals surface area contributed by atoms with Crippen LogP contribution in [0.4, 0.5) is 10.5 Å². The number of carbonyl (C=O) groups is 1. The van der Waals surface area contributed by atoms with Gasteiger partial charge in [0.25, 0.3) is 0 Å². The van der Waals surface area contributed by atoms with Gasteiger partial charge in [-0.1, -0.05) is 6.92 Å². The molecule has 4 heterocycles. The summed E-state index contributed by atoms with van der Waals surface area (Å²) in [5, 5.41) is 22.3. The number of alkyl halides is 5. The van der Waals surface area contributed by atoms with Crippen LogP contribution in [-0.4, -0.2) is 109 Å². The van der Waals surface area contributed by atoms with Crippen LogP contribution in [0.1, 0.15) is 36.5 Å². The third-order valence-electron chi connectivity index (χ3n) is 7.53. The summed E-state index contributed by atoms with van der Waals surface area (Å²) in [6.45, 7) is 12.8. The van der Waals surface area contributed by atoms with E-state index in [1.165, 1.54) is 21.6 Å². The monoisotopic (exact) mass is 1040 g/mol. The van der Waals surface area contributed by atoms with Gasteiger partial charge in [0.05, 0.1) is 40.5 Å². The second-order valence-corrected chi connectivity index (χ2v) is 22.2. The van der Waals surface area contributed by atoms with E-state index in [-0.39, 0.29) is 54.6 Å². The summed E-state index contributed by atoms with van der Waals surface area (Å²) in [6.07, 6.45) is 1.94. The fraction of sp³-hybridized carbons (Fsp3) is 0.750. The second-order valence-electron chi connectivity index (χ2n) is 10.9. The molecule has 4 aliphatic heterocycles. The number of ether oxygens (including phenoxy) is 3. The fourth-order valence-corrected chi connectivity index (χ4v) is 4.59. The number of benzene rings is 1. The van der Waals surface area contributed by atoms with Crippen LogP contribution in [0.25, 0.3) is 0 Å². The Bertz CT molecular complexity index is 908. The van der Waals surface area contributed by atoms with Crippen molar-refractivity contribution in [2.75, 3.05) is 74.8 Å². The van der Waals surface area contributed by atoms with Crippen molar-refractivity contribution in [3.05, 3.63) is 39.2 Å². The number of rotatable bonds is 4. The van der Waals surface area contributed by atoms with Crippen molar-refractivity contribution in [1.29, 1.82) is 0 Å². The van der Waals surface area contributed by atoms with E-state index in [2.05, 4.69) is 83.0 Å². The third-order valence-corrected chi connectivity index (χ3v) is 14.5. The maximum absolute atomic E-state index is 11.8. The van der Waals surface area contributed by atoms with E-state index in [4.69, 9.17) is 19.9 Å². The van der Waals surface area contributed by atoms with Gasteiger partial charge in [0, 0.05) is 12.1 Å². The van der Waals surface area contributed by atoms with Crippen LogP contribution >= 0.6 is 45.2 Å². The molecule has 0 aromatic heterocycles. The van der Waals surface area contributed by atoms with Crippen LogP contribution in [0.2, 0.25) is 0 Å². The Morgan fingerprint density at radius 2 is 1.64 bits per heavy atom. The predicted molar refractivity (Wildman–Crippen MR) is 181 cm³/mol. The van der Waals surface area contributed by atoms with Gasteiger partial charge in [-0.05, 0) is 56.0 Å². The second kappa shape index (κ2) is 21.2. The first-order valence-corrected chi connectivity index (χ1v) is 23.5. The molecule has 4 saturated heterocycles. The summed E-state index contributed by atoms with van der Waals surface area (Å²) in [5.74, 6) is 0. The molecule has 1 aromatic carbocycles. The van der Waals surface area contributed by atoms with Gasteiger partial charge in [0.15, 0.2) is 0 Å². The van der Waals surface area contributed by atoms with Crippen molar-refractivity contribution in [2.24, 2.45) is 0 Å². The number of hydrogen-bond acceptors (Lipinski definition) is 6. The number of amides is 1. The number of morpholine rings is 2. The van der Waals surface area contributed by atoms with Gasteiger partial charge in [-0.25, -0.2) is 4.79 Å². The first-order chi connectivity index (χ1) is 19.7. The molecule has 9 nitrogen and oxygen atoms in total. The number of nitrogens with zero attached hydrogens (tertiary/aromatic N) is 3. The molecule has 0 N–H and O–H groups in total. The Kier molecular flexibility index (Phi) is 20.8. The fourth-order valence-electron chi connectivity index (χ4n) is 4.59. The number of halogens is 4. The van der Waals surface area contributed by atoms with Crippen LogP contribution in [0.5, 0.6) is 0 Å². The van der Waals surface area contributed by atoms with Gasteiger partial charge in [-0.3, -0.25) is 4.90 Å². The maximum atomic E-state index is 11.8. The van der Waals surface area contributed by atoms with E-state index >= 15 is 0 Å². The van der Waals surface area contributed by atoms with Crippen molar-refractivity contribution < 1.29 is 70.5 Å². The standard InChI is InChI=1S/C14H19NO2.C6H11NO2.C5H11NO2.C2H5I2.CH2BI2/c1-5-13-8-15(14(16)17-13)12-6-9(2)11(4)10(3)7-12;1-7(8)3-6-2-5(7)4-9-6;1-6(7)2-4-8-5-3-6;1-4-2-3;2-4-1-3/h6-7,13H,5,8H2,1-4H3;5-6H,2-4H2,1H3;2-5H2,1H3;2H2,1H3;1H2/q;;;2*-1/t13-;;;;/m0..../s1. The number of carbonyl (C=O) groups excluding carboxylic acids is 1. The number of aryl methyl sites for hydroxylation is 2. The van der Waals surface area contributed by atoms with Crippen molar-refractivity contribution in [3.63, 3.8) is 0 Å². The van der Waals surface area contributed by atoms with Gasteiger partial charge in [-0.2, -0.15) is 0 Å². The molecule has 3 unspecified atom stereocenters. The van der Waals surface area contributed by atoms with Crippen molar-refractivity contribution in [1.82, 2.24) is 0 Å². The molecule has 0 aliphatic carbocycles. The van der Waals surface area contributed by atoms with Gasteiger partial charge in [0.2, 0.25) is 0 Å². The number of quaternary nitrogens is 2. The van der Waals surface area contributed by atoms with Crippen LogP contribution in [0.15, 0.2) is 12.1 Å². The summed E-state index contributed by atoms with van der Waals surface area (Å²) < 4.78 is 17.9. The zero-order chi connectivity index (χ0) is 31.9. The van der Waals surface area contributed by atoms with Gasteiger partial charge < -0.3 is 33.9 Å². The minimum atomic E-state index is -0.223. The molecule has 42 heavy (non-hydrogen) atoms.